The lowest BCUT2D eigenvalue weighted by atomic mass is 10.0. The molecule has 0 bridgehead atoms. The van der Waals surface area contributed by atoms with Crippen molar-refractivity contribution in [3.8, 4) is 0 Å². The Morgan fingerprint density at radius 1 is 1.25 bits per heavy atom. The van der Waals surface area contributed by atoms with Crippen LogP contribution >= 0.6 is 11.6 Å². The van der Waals surface area contributed by atoms with Gasteiger partial charge < -0.3 is 4.98 Å². The Kier molecular flexibility index (Phi) is 3.58. The van der Waals surface area contributed by atoms with Crippen molar-refractivity contribution in [2.24, 2.45) is 0 Å². The van der Waals surface area contributed by atoms with Gasteiger partial charge in [-0.1, -0.05) is 24.3 Å². The Balaban J connectivity index is 1.90. The molecule has 6 heteroatoms. The topological polar surface area (TPSA) is 53.2 Å². The third-order valence-electron chi connectivity index (χ3n) is 3.59. The molecule has 2 aromatic rings. The normalized spacial score (nSPS) is 16.1. The average molecular weight is 311 g/mol. The summed E-state index contributed by atoms with van der Waals surface area (Å²) in [6.07, 6.45) is 2.26. The summed E-state index contributed by atoms with van der Waals surface area (Å²) in [5.74, 6) is 0.276. The number of nitrogens with one attached hydrogen (secondary N) is 1. The molecular formula is C14H15ClN2O2S. The van der Waals surface area contributed by atoms with E-state index >= 15 is 0 Å². The van der Waals surface area contributed by atoms with Crippen LogP contribution in [0.15, 0.2) is 41.4 Å². The molecule has 0 unspecified atom stereocenters. The van der Waals surface area contributed by atoms with Gasteiger partial charge in [-0.3, -0.25) is 0 Å². The number of alkyl halides is 1. The Morgan fingerprint density at radius 3 is 2.70 bits per heavy atom. The van der Waals surface area contributed by atoms with E-state index in [1.807, 2.05) is 18.2 Å². The van der Waals surface area contributed by atoms with Gasteiger partial charge in [-0.15, -0.1) is 11.6 Å². The summed E-state index contributed by atoms with van der Waals surface area (Å²) in [5.41, 5.74) is 3.02. The van der Waals surface area contributed by atoms with Crippen LogP contribution in [0, 0.1) is 0 Å². The summed E-state index contributed by atoms with van der Waals surface area (Å²) in [6, 6.07) is 9.57. The second-order valence-corrected chi connectivity index (χ2v) is 7.06. The van der Waals surface area contributed by atoms with Gasteiger partial charge in [0.25, 0.3) is 0 Å². The second kappa shape index (κ2) is 5.24. The SMILES string of the molecule is O=S(=O)(c1c[nH]c(CCl)c1)N1CCc2ccccc2C1. The summed E-state index contributed by atoms with van der Waals surface area (Å²) in [7, 11) is -3.45. The number of hydrogen-bond acceptors (Lipinski definition) is 2. The number of nitrogens with zero attached hydrogens (tertiary/aromatic N) is 1. The molecule has 0 fully saturated rings. The maximum atomic E-state index is 12.6. The van der Waals surface area contributed by atoms with Crippen molar-refractivity contribution >= 4 is 21.6 Å². The molecule has 106 valence electrons. The van der Waals surface area contributed by atoms with Crippen molar-refractivity contribution in [2.45, 2.75) is 23.7 Å². The van der Waals surface area contributed by atoms with Gasteiger partial charge in [0.05, 0.1) is 10.8 Å². The van der Waals surface area contributed by atoms with E-state index < -0.39 is 10.0 Å². The van der Waals surface area contributed by atoms with E-state index in [4.69, 9.17) is 11.6 Å². The standard InChI is InChI=1S/C14H15ClN2O2S/c15-8-13-7-14(9-16-13)20(18,19)17-6-5-11-3-1-2-4-12(11)10-17/h1-4,7,9,16H,5-6,8,10H2. The quantitative estimate of drug-likeness (QED) is 0.886. The van der Waals surface area contributed by atoms with Crippen molar-refractivity contribution in [1.29, 1.82) is 0 Å². The molecule has 3 rings (SSSR count). The first-order valence-corrected chi connectivity index (χ1v) is 8.39. The first-order valence-electron chi connectivity index (χ1n) is 6.41. The fourth-order valence-corrected chi connectivity index (χ4v) is 4.06. The van der Waals surface area contributed by atoms with Gasteiger partial charge in [0.1, 0.15) is 0 Å². The molecule has 1 aliphatic heterocycles. The molecule has 0 saturated carbocycles. The van der Waals surface area contributed by atoms with Gasteiger partial charge in [-0.05, 0) is 23.6 Å². The smallest absolute Gasteiger partial charge is 0.244 e. The largest absolute Gasteiger partial charge is 0.363 e. The van der Waals surface area contributed by atoms with Crippen LogP contribution in [-0.4, -0.2) is 24.3 Å². The van der Waals surface area contributed by atoms with Crippen LogP contribution < -0.4 is 0 Å². The Bertz CT molecular complexity index is 724. The van der Waals surface area contributed by atoms with E-state index in [1.54, 1.807) is 6.07 Å². The van der Waals surface area contributed by atoms with Crippen LogP contribution in [0.5, 0.6) is 0 Å². The summed E-state index contributed by atoms with van der Waals surface area (Å²) < 4.78 is 26.7. The lowest BCUT2D eigenvalue weighted by molar-refractivity contribution is 0.391. The van der Waals surface area contributed by atoms with Crippen molar-refractivity contribution < 1.29 is 8.42 Å². The van der Waals surface area contributed by atoms with Crippen molar-refractivity contribution in [3.05, 3.63) is 53.3 Å². The van der Waals surface area contributed by atoms with E-state index in [9.17, 15) is 8.42 Å². The van der Waals surface area contributed by atoms with Gasteiger partial charge >= 0.3 is 0 Å². The predicted molar refractivity (Wildman–Crippen MR) is 78.1 cm³/mol. The molecular weight excluding hydrogens is 296 g/mol. The zero-order valence-corrected chi connectivity index (χ0v) is 12.4. The fourth-order valence-electron chi connectivity index (χ4n) is 2.47. The van der Waals surface area contributed by atoms with Gasteiger partial charge in [0.2, 0.25) is 10.0 Å². The van der Waals surface area contributed by atoms with Crippen LogP contribution in [0.2, 0.25) is 0 Å². The minimum absolute atomic E-state index is 0.276. The molecule has 2 heterocycles. The third kappa shape index (κ3) is 2.37. The van der Waals surface area contributed by atoms with Crippen LogP contribution in [0.1, 0.15) is 16.8 Å². The van der Waals surface area contributed by atoms with Gasteiger partial charge in [0.15, 0.2) is 0 Å². The maximum absolute atomic E-state index is 12.6. The minimum Gasteiger partial charge on any atom is -0.363 e. The first kappa shape index (κ1) is 13.7. The lowest BCUT2D eigenvalue weighted by Crippen LogP contribution is -2.35. The van der Waals surface area contributed by atoms with Crippen molar-refractivity contribution in [1.82, 2.24) is 9.29 Å². The van der Waals surface area contributed by atoms with Crippen LogP contribution in [-0.2, 0) is 28.9 Å². The van der Waals surface area contributed by atoms with Gasteiger partial charge in [0, 0.05) is 25.0 Å². The van der Waals surface area contributed by atoms with Crippen molar-refractivity contribution in [2.75, 3.05) is 6.54 Å². The molecule has 0 atom stereocenters. The highest BCUT2D eigenvalue weighted by atomic mass is 35.5. The molecule has 1 N–H and O–H groups in total. The van der Waals surface area contributed by atoms with Gasteiger partial charge in [-0.25, -0.2) is 8.42 Å². The zero-order valence-electron chi connectivity index (χ0n) is 10.8. The van der Waals surface area contributed by atoms with E-state index in [2.05, 4.69) is 11.1 Å². The fraction of sp³-hybridized carbons (Fsp3) is 0.286. The molecule has 1 aliphatic rings. The Morgan fingerprint density at radius 2 is 2.00 bits per heavy atom. The molecule has 0 spiro atoms. The average Bonchev–Trinajstić information content (AvgIpc) is 2.96. The second-order valence-electron chi connectivity index (χ2n) is 4.85. The van der Waals surface area contributed by atoms with E-state index in [0.717, 1.165) is 12.0 Å². The first-order chi connectivity index (χ1) is 9.61. The number of sulfonamides is 1. The molecule has 0 aliphatic carbocycles. The van der Waals surface area contributed by atoms with E-state index in [0.29, 0.717) is 18.8 Å². The third-order valence-corrected chi connectivity index (χ3v) is 5.70. The van der Waals surface area contributed by atoms with Crippen LogP contribution in [0.25, 0.3) is 0 Å². The van der Waals surface area contributed by atoms with Gasteiger partial charge in [-0.2, -0.15) is 4.31 Å². The molecule has 1 aromatic carbocycles. The molecule has 0 radical (unpaired) electrons. The predicted octanol–water partition coefficient (Wildman–Crippen LogP) is 2.50. The Hall–Kier alpha value is -1.30. The monoisotopic (exact) mass is 310 g/mol. The molecule has 0 amide bonds. The van der Waals surface area contributed by atoms with E-state index in [-0.39, 0.29) is 10.8 Å². The highest BCUT2D eigenvalue weighted by Gasteiger charge is 2.28. The molecule has 4 nitrogen and oxygen atoms in total. The summed E-state index contributed by atoms with van der Waals surface area (Å²) in [4.78, 5) is 3.17. The molecule has 20 heavy (non-hydrogen) atoms. The van der Waals surface area contributed by atoms with E-state index in [1.165, 1.54) is 16.1 Å². The summed E-state index contributed by atoms with van der Waals surface area (Å²) >= 11 is 5.70. The molecule has 0 saturated heterocycles. The number of benzene rings is 1. The number of aromatic nitrogens is 1. The number of hydrogen-bond donors (Lipinski definition) is 1. The number of halogens is 1. The highest BCUT2D eigenvalue weighted by Crippen LogP contribution is 2.25. The number of rotatable bonds is 3. The van der Waals surface area contributed by atoms with Crippen LogP contribution in [0.4, 0.5) is 0 Å². The van der Waals surface area contributed by atoms with Crippen LogP contribution in [0.3, 0.4) is 0 Å². The lowest BCUT2D eigenvalue weighted by Gasteiger charge is -2.27. The Labute approximate surface area is 123 Å². The van der Waals surface area contributed by atoms with Crippen molar-refractivity contribution in [3.63, 3.8) is 0 Å². The number of H-pyrrole nitrogens is 1. The number of fused-ring (bicyclic) bond motifs is 1. The minimum atomic E-state index is -3.45. The highest BCUT2D eigenvalue weighted by molar-refractivity contribution is 7.89. The maximum Gasteiger partial charge on any atom is 0.244 e. The zero-order chi connectivity index (χ0) is 14.2. The number of aromatic amines is 1. The molecule has 1 aromatic heterocycles. The summed E-state index contributed by atoms with van der Waals surface area (Å²) in [6.45, 7) is 0.945. The summed E-state index contributed by atoms with van der Waals surface area (Å²) in [5, 5.41) is 0.